The van der Waals surface area contributed by atoms with Crippen LogP contribution in [-0.2, 0) is 27.1 Å². The van der Waals surface area contributed by atoms with Gasteiger partial charge in [-0.05, 0) is 116 Å². The summed E-state index contributed by atoms with van der Waals surface area (Å²) in [5.74, 6) is 10.3. The average molecular weight is 963 g/mol. The van der Waals surface area contributed by atoms with Crippen LogP contribution in [0, 0.1) is 47.9 Å². The number of carbonyl (C=O) groups excluding carboxylic acids is 3. The van der Waals surface area contributed by atoms with E-state index in [4.69, 9.17) is 21.7 Å². The molecule has 2 saturated heterocycles. The third kappa shape index (κ3) is 10.5. The van der Waals surface area contributed by atoms with Crippen molar-refractivity contribution in [1.29, 1.82) is 5.26 Å². The first-order chi connectivity index (χ1) is 32.4. The first-order valence-corrected chi connectivity index (χ1v) is 22.6. The maximum atomic E-state index is 14.0. The molecule has 2 aliphatic heterocycles. The standard InChI is InChI=1S/C49H45F3N8O6S2/c1-30(2)42(45(63)57-27-37(61)23-41(57)44(62)54-25-32-10-12-33(13-11-32)43-31(3)55-29-68-43)58-28-39(26-56-58)66-21-9-7-6-8-20-65-38-18-16-35(17-19-38)60-47(67)59(46(64)48(60,4)5)36-15-14-34(24-53)40(22-36)49(50,51)52/h10-19,22,26,28-30,37,41-42,61H,20-21,23,25,27H2,1-5H3,(H,54,62). The van der Waals surface area contributed by atoms with Crippen molar-refractivity contribution in [2.45, 2.75) is 77.5 Å². The molecule has 0 bridgehead atoms. The van der Waals surface area contributed by atoms with Crippen LogP contribution in [0.1, 0.15) is 62.5 Å². The van der Waals surface area contributed by atoms with Crippen molar-refractivity contribution in [3.05, 3.63) is 107 Å². The van der Waals surface area contributed by atoms with E-state index >= 15 is 0 Å². The van der Waals surface area contributed by atoms with Crippen LogP contribution in [0.4, 0.5) is 24.5 Å². The number of nitrogens with zero attached hydrogens (tertiary/aromatic N) is 7. The molecule has 0 spiro atoms. The molecule has 0 radical (unpaired) electrons. The highest BCUT2D eigenvalue weighted by Crippen LogP contribution is 2.40. The Balaban J connectivity index is 0.890. The fourth-order valence-corrected chi connectivity index (χ4v) is 9.27. The Hall–Kier alpha value is -7.24. The second-order valence-corrected chi connectivity index (χ2v) is 18.0. The van der Waals surface area contributed by atoms with Crippen LogP contribution in [0.5, 0.6) is 11.5 Å². The van der Waals surface area contributed by atoms with E-state index in [1.165, 1.54) is 32.8 Å². The second-order valence-electron chi connectivity index (χ2n) is 16.8. The van der Waals surface area contributed by atoms with Crippen LogP contribution < -0.4 is 24.6 Å². The largest absolute Gasteiger partial charge is 0.481 e. The van der Waals surface area contributed by atoms with Crippen LogP contribution in [-0.4, -0.2) is 85.0 Å². The van der Waals surface area contributed by atoms with Gasteiger partial charge in [0.15, 0.2) is 10.9 Å². The number of nitriles is 1. The number of anilines is 2. The third-order valence-electron chi connectivity index (χ3n) is 11.4. The highest BCUT2D eigenvalue weighted by molar-refractivity contribution is 7.81. The van der Waals surface area contributed by atoms with E-state index in [2.05, 4.69) is 39.1 Å². The SMILES string of the molecule is Cc1ncsc1-c1ccc(CNC(=O)C2CC(O)CN2C(=O)C(C(C)C)n2cc(OCC#CC#CCOc3ccc(N4C(=S)N(c5ccc(C#N)c(C(F)(F)F)c5)C(=O)C4(C)C)cc3)cn2)cc1. The molecule has 3 unspecified atom stereocenters. The van der Waals surface area contributed by atoms with Gasteiger partial charge in [-0.15, -0.1) is 11.3 Å². The first kappa shape index (κ1) is 48.7. The quantitative estimate of drug-likeness (QED) is 0.0917. The number of hydrogen-bond acceptors (Lipinski definition) is 11. The van der Waals surface area contributed by atoms with Crippen LogP contribution in [0.15, 0.2) is 84.6 Å². The lowest BCUT2D eigenvalue weighted by atomic mass is 10.0. The zero-order valence-corrected chi connectivity index (χ0v) is 39.1. The van der Waals surface area contributed by atoms with Crippen molar-refractivity contribution < 1.29 is 42.1 Å². The molecule has 2 fully saturated rings. The number of aliphatic hydroxyl groups excluding tert-OH is 1. The number of amides is 3. The van der Waals surface area contributed by atoms with Crippen LogP contribution in [0.25, 0.3) is 10.4 Å². The number of halogens is 3. The van der Waals surface area contributed by atoms with Gasteiger partial charge in [0.1, 0.15) is 36.6 Å². The number of likely N-dealkylation sites (tertiary alicyclic amines) is 1. The Morgan fingerprint density at radius 3 is 2.29 bits per heavy atom. The minimum atomic E-state index is -4.81. The number of aryl methyl sites for hydroxylation is 1. The Morgan fingerprint density at radius 2 is 1.68 bits per heavy atom. The van der Waals surface area contributed by atoms with Gasteiger partial charge in [0, 0.05) is 25.2 Å². The molecule has 19 heteroatoms. The summed E-state index contributed by atoms with van der Waals surface area (Å²) in [5, 5.41) is 27.1. The molecule has 350 valence electrons. The summed E-state index contributed by atoms with van der Waals surface area (Å²) in [6.45, 7) is 9.16. The Morgan fingerprint density at radius 1 is 1.01 bits per heavy atom. The molecule has 2 aromatic heterocycles. The van der Waals surface area contributed by atoms with Gasteiger partial charge in [-0.3, -0.25) is 24.0 Å². The number of rotatable bonds is 13. The van der Waals surface area contributed by atoms with E-state index in [0.717, 1.165) is 38.7 Å². The maximum absolute atomic E-state index is 14.0. The number of alkyl halides is 3. The van der Waals surface area contributed by atoms with E-state index < -0.39 is 46.9 Å². The van der Waals surface area contributed by atoms with Gasteiger partial charge in [0.25, 0.3) is 5.91 Å². The molecule has 2 N–H and O–H groups in total. The van der Waals surface area contributed by atoms with E-state index in [9.17, 15) is 37.9 Å². The Labute approximate surface area is 400 Å². The molecule has 5 aromatic rings. The number of hydrogen-bond donors (Lipinski definition) is 2. The fourth-order valence-electron chi connectivity index (χ4n) is 7.94. The molecular formula is C49H45F3N8O6S2. The molecule has 3 amide bonds. The zero-order valence-electron chi connectivity index (χ0n) is 37.5. The average Bonchev–Trinajstić information content (AvgIpc) is 4.09. The fraction of sp³-hybridized carbons (Fsp3) is 0.327. The van der Waals surface area contributed by atoms with Gasteiger partial charge >= 0.3 is 6.18 Å². The van der Waals surface area contributed by atoms with E-state index in [1.807, 2.05) is 45.0 Å². The lowest BCUT2D eigenvalue weighted by Gasteiger charge is -2.30. The second kappa shape index (κ2) is 20.3. The van der Waals surface area contributed by atoms with Crippen LogP contribution >= 0.6 is 23.6 Å². The molecule has 3 aromatic carbocycles. The van der Waals surface area contributed by atoms with Gasteiger partial charge in [-0.2, -0.15) is 23.5 Å². The maximum Gasteiger partial charge on any atom is 0.417 e. The van der Waals surface area contributed by atoms with E-state index in [1.54, 1.807) is 61.2 Å². The lowest BCUT2D eigenvalue weighted by molar-refractivity contribution is -0.142. The topological polar surface area (TPSA) is 166 Å². The number of benzene rings is 3. The van der Waals surface area contributed by atoms with Crippen molar-refractivity contribution >= 4 is 57.8 Å². The summed E-state index contributed by atoms with van der Waals surface area (Å²) in [5.41, 5.74) is 2.10. The van der Waals surface area contributed by atoms with Gasteiger partial charge in [-0.1, -0.05) is 38.1 Å². The van der Waals surface area contributed by atoms with E-state index in [-0.39, 0.29) is 61.3 Å². The number of carbonyl (C=O) groups is 3. The summed E-state index contributed by atoms with van der Waals surface area (Å²) in [6, 6.07) is 17.4. The highest BCUT2D eigenvalue weighted by Gasteiger charge is 2.51. The molecule has 3 atom stereocenters. The van der Waals surface area contributed by atoms with Crippen molar-refractivity contribution in [1.82, 2.24) is 25.0 Å². The number of aliphatic hydroxyl groups is 1. The Kier molecular flexibility index (Phi) is 14.6. The summed E-state index contributed by atoms with van der Waals surface area (Å²) in [4.78, 5) is 50.4. The number of aromatic nitrogens is 3. The molecule has 68 heavy (non-hydrogen) atoms. The smallest absolute Gasteiger partial charge is 0.417 e. The number of ether oxygens (including phenoxy) is 2. The summed E-state index contributed by atoms with van der Waals surface area (Å²) in [6.07, 6.45) is -2.50. The van der Waals surface area contributed by atoms with Crippen molar-refractivity contribution in [3.63, 3.8) is 0 Å². The van der Waals surface area contributed by atoms with E-state index in [0.29, 0.717) is 17.2 Å². The Bertz CT molecular complexity index is 2890. The van der Waals surface area contributed by atoms with Crippen molar-refractivity contribution in [2.24, 2.45) is 5.92 Å². The number of β-amino-alcohol motifs (C(OH)–C–C–N with tert-alkyl or cyclic N) is 1. The monoisotopic (exact) mass is 962 g/mol. The third-order valence-corrected chi connectivity index (χ3v) is 12.7. The molecule has 2 aliphatic rings. The molecule has 4 heterocycles. The lowest BCUT2D eigenvalue weighted by Crippen LogP contribution is -2.49. The minimum absolute atomic E-state index is 0.00887. The molecule has 0 saturated carbocycles. The first-order valence-electron chi connectivity index (χ1n) is 21.3. The van der Waals surface area contributed by atoms with Gasteiger partial charge in [0.2, 0.25) is 11.8 Å². The van der Waals surface area contributed by atoms with Crippen molar-refractivity contribution in [3.8, 4) is 51.7 Å². The number of thiazole rings is 1. The molecular weight excluding hydrogens is 918 g/mol. The van der Waals surface area contributed by atoms with Crippen LogP contribution in [0.2, 0.25) is 0 Å². The van der Waals surface area contributed by atoms with Crippen LogP contribution in [0.3, 0.4) is 0 Å². The summed E-state index contributed by atoms with van der Waals surface area (Å²) < 4.78 is 54.1. The van der Waals surface area contributed by atoms with Gasteiger partial charge < -0.3 is 29.7 Å². The predicted octanol–water partition coefficient (Wildman–Crippen LogP) is 7.06. The molecule has 14 nitrogen and oxygen atoms in total. The van der Waals surface area contributed by atoms with Gasteiger partial charge in [-0.25, -0.2) is 4.98 Å². The normalized spacial score (nSPS) is 17.0. The highest BCUT2D eigenvalue weighted by atomic mass is 32.1. The van der Waals surface area contributed by atoms with Gasteiger partial charge in [0.05, 0.1) is 57.5 Å². The molecule has 7 rings (SSSR count). The number of thiocarbonyl (C=S) groups is 1. The summed E-state index contributed by atoms with van der Waals surface area (Å²) in [7, 11) is 0. The summed E-state index contributed by atoms with van der Waals surface area (Å²) >= 11 is 7.17. The molecule has 0 aliphatic carbocycles. The predicted molar refractivity (Wildman–Crippen MR) is 252 cm³/mol. The van der Waals surface area contributed by atoms with Crippen molar-refractivity contribution in [2.75, 3.05) is 29.6 Å². The minimum Gasteiger partial charge on any atom is -0.481 e. The number of nitrogens with one attached hydrogen (secondary N) is 1. The zero-order chi connectivity index (χ0) is 48.9.